The van der Waals surface area contributed by atoms with Gasteiger partial charge >= 0.3 is 5.97 Å². The molecule has 1 N–H and O–H groups in total. The van der Waals surface area contributed by atoms with Crippen molar-refractivity contribution in [3.8, 4) is 0 Å². The number of rotatable bonds is 5. The molecule has 2 rings (SSSR count). The van der Waals surface area contributed by atoms with Gasteiger partial charge in [-0.05, 0) is 24.3 Å². The van der Waals surface area contributed by atoms with Gasteiger partial charge in [-0.2, -0.15) is 0 Å². The quantitative estimate of drug-likeness (QED) is 0.850. The highest BCUT2D eigenvalue weighted by Gasteiger charge is 2.15. The number of methoxy groups -OCH3 is 1. The minimum atomic E-state index is -0.464. The second kappa shape index (κ2) is 6.14. The predicted octanol–water partition coefficient (Wildman–Crippen LogP) is 2.74. The molecule has 20 heavy (non-hydrogen) atoms. The maximum atomic E-state index is 11.5. The van der Waals surface area contributed by atoms with Crippen LogP contribution in [0.2, 0.25) is 0 Å². The van der Waals surface area contributed by atoms with Crippen LogP contribution < -0.4 is 10.2 Å². The van der Waals surface area contributed by atoms with Crippen LogP contribution >= 0.6 is 0 Å². The normalized spacial score (nSPS) is 10.2. The first-order valence-electron chi connectivity index (χ1n) is 6.27. The highest BCUT2D eigenvalue weighted by atomic mass is 16.5. The SMILES string of the molecule is COC(=O)c1occc1CNc1cccc(N(C)C)c1. The molecule has 0 radical (unpaired) electrons. The first-order chi connectivity index (χ1) is 9.61. The second-order valence-corrected chi connectivity index (χ2v) is 4.56. The summed E-state index contributed by atoms with van der Waals surface area (Å²) in [5.74, 6) is -0.224. The van der Waals surface area contributed by atoms with Gasteiger partial charge in [0.15, 0.2) is 0 Å². The summed E-state index contributed by atoms with van der Waals surface area (Å²) in [6, 6.07) is 9.79. The standard InChI is InChI=1S/C15H18N2O3/c1-17(2)13-6-4-5-12(9-13)16-10-11-7-8-20-14(11)15(18)19-3/h4-9,16H,10H2,1-3H3. The first-order valence-corrected chi connectivity index (χ1v) is 6.27. The Bertz CT molecular complexity index is 590. The van der Waals surface area contributed by atoms with Crippen molar-refractivity contribution in [2.45, 2.75) is 6.54 Å². The molecule has 0 amide bonds. The smallest absolute Gasteiger partial charge is 0.374 e. The van der Waals surface area contributed by atoms with Gasteiger partial charge in [0.2, 0.25) is 5.76 Å². The van der Waals surface area contributed by atoms with E-state index in [4.69, 9.17) is 4.42 Å². The lowest BCUT2D eigenvalue weighted by Crippen LogP contribution is -2.09. The minimum absolute atomic E-state index is 0.240. The number of carbonyl (C=O) groups is 1. The van der Waals surface area contributed by atoms with E-state index < -0.39 is 5.97 Å². The number of ether oxygens (including phenoxy) is 1. The maximum absolute atomic E-state index is 11.5. The van der Waals surface area contributed by atoms with Crippen molar-refractivity contribution < 1.29 is 13.9 Å². The van der Waals surface area contributed by atoms with E-state index in [1.165, 1.54) is 13.4 Å². The molecule has 2 aromatic rings. The van der Waals surface area contributed by atoms with E-state index in [0.717, 1.165) is 16.9 Å². The van der Waals surface area contributed by atoms with Crippen LogP contribution in [0.1, 0.15) is 16.1 Å². The summed E-state index contributed by atoms with van der Waals surface area (Å²) in [6.07, 6.45) is 1.49. The summed E-state index contributed by atoms with van der Waals surface area (Å²) in [5.41, 5.74) is 2.86. The topological polar surface area (TPSA) is 54.7 Å². The van der Waals surface area contributed by atoms with E-state index in [2.05, 4.69) is 10.1 Å². The molecule has 106 valence electrons. The van der Waals surface area contributed by atoms with Gasteiger partial charge in [-0.15, -0.1) is 0 Å². The lowest BCUT2D eigenvalue weighted by molar-refractivity contribution is 0.0563. The lowest BCUT2D eigenvalue weighted by atomic mass is 10.2. The molecule has 0 saturated heterocycles. The van der Waals surface area contributed by atoms with Crippen molar-refractivity contribution in [2.24, 2.45) is 0 Å². The van der Waals surface area contributed by atoms with Gasteiger partial charge in [-0.25, -0.2) is 4.79 Å². The molecule has 5 heteroatoms. The zero-order valence-corrected chi connectivity index (χ0v) is 11.8. The molecule has 0 spiro atoms. The maximum Gasteiger partial charge on any atom is 0.374 e. The molecule has 0 aliphatic rings. The molecular weight excluding hydrogens is 256 g/mol. The summed E-state index contributed by atoms with van der Waals surface area (Å²) < 4.78 is 9.82. The summed E-state index contributed by atoms with van der Waals surface area (Å²) >= 11 is 0. The van der Waals surface area contributed by atoms with Crippen LogP contribution in [0.25, 0.3) is 0 Å². The van der Waals surface area contributed by atoms with Gasteiger partial charge in [-0.1, -0.05) is 6.07 Å². The fourth-order valence-electron chi connectivity index (χ4n) is 1.84. The monoisotopic (exact) mass is 274 g/mol. The Balaban J connectivity index is 2.07. The van der Waals surface area contributed by atoms with Gasteiger partial charge in [0.1, 0.15) is 0 Å². The van der Waals surface area contributed by atoms with Crippen LogP contribution in [-0.2, 0) is 11.3 Å². The molecule has 0 fully saturated rings. The average Bonchev–Trinajstić information content (AvgIpc) is 2.93. The van der Waals surface area contributed by atoms with Crippen molar-refractivity contribution in [3.05, 3.63) is 47.9 Å². The number of benzene rings is 1. The molecule has 0 atom stereocenters. The Kier molecular flexibility index (Phi) is 4.30. The molecule has 1 aromatic carbocycles. The van der Waals surface area contributed by atoms with Crippen molar-refractivity contribution >= 4 is 17.3 Å². The molecule has 0 unspecified atom stereocenters. The van der Waals surface area contributed by atoms with Crippen LogP contribution in [0.5, 0.6) is 0 Å². The highest BCUT2D eigenvalue weighted by molar-refractivity contribution is 5.87. The molecule has 1 heterocycles. The number of nitrogens with one attached hydrogen (secondary N) is 1. The van der Waals surface area contributed by atoms with E-state index in [1.54, 1.807) is 6.07 Å². The number of nitrogens with zero attached hydrogens (tertiary/aromatic N) is 1. The number of furan rings is 1. The molecular formula is C15H18N2O3. The van der Waals surface area contributed by atoms with Crippen molar-refractivity contribution in [2.75, 3.05) is 31.4 Å². The fourth-order valence-corrected chi connectivity index (χ4v) is 1.84. The number of carbonyl (C=O) groups excluding carboxylic acids is 1. The molecule has 0 bridgehead atoms. The van der Waals surface area contributed by atoms with E-state index >= 15 is 0 Å². The lowest BCUT2D eigenvalue weighted by Gasteiger charge is -2.14. The van der Waals surface area contributed by atoms with Crippen LogP contribution in [-0.4, -0.2) is 27.2 Å². The third-order valence-electron chi connectivity index (χ3n) is 2.96. The third-order valence-corrected chi connectivity index (χ3v) is 2.96. The highest BCUT2D eigenvalue weighted by Crippen LogP contribution is 2.19. The Morgan fingerprint density at radius 1 is 1.35 bits per heavy atom. The van der Waals surface area contributed by atoms with Gasteiger partial charge in [0.05, 0.1) is 13.4 Å². The third kappa shape index (κ3) is 3.12. The van der Waals surface area contributed by atoms with E-state index in [-0.39, 0.29) is 5.76 Å². The molecule has 0 aliphatic heterocycles. The van der Waals surface area contributed by atoms with Crippen molar-refractivity contribution in [1.29, 1.82) is 0 Å². The molecule has 5 nitrogen and oxygen atoms in total. The second-order valence-electron chi connectivity index (χ2n) is 4.56. The number of hydrogen-bond acceptors (Lipinski definition) is 5. The fraction of sp³-hybridized carbons (Fsp3) is 0.267. The largest absolute Gasteiger partial charge is 0.463 e. The Morgan fingerprint density at radius 3 is 2.85 bits per heavy atom. The van der Waals surface area contributed by atoms with Crippen LogP contribution in [0.3, 0.4) is 0 Å². The van der Waals surface area contributed by atoms with E-state index in [9.17, 15) is 4.79 Å². The van der Waals surface area contributed by atoms with Crippen LogP contribution in [0.15, 0.2) is 41.0 Å². The molecule has 1 aromatic heterocycles. The molecule has 0 saturated carbocycles. The van der Waals surface area contributed by atoms with E-state index in [0.29, 0.717) is 6.54 Å². The van der Waals surface area contributed by atoms with Gasteiger partial charge in [-0.3, -0.25) is 0 Å². The number of hydrogen-bond donors (Lipinski definition) is 1. The van der Waals surface area contributed by atoms with Crippen LogP contribution in [0, 0.1) is 0 Å². The average molecular weight is 274 g/mol. The van der Waals surface area contributed by atoms with Crippen molar-refractivity contribution in [1.82, 2.24) is 0 Å². The number of anilines is 2. The summed E-state index contributed by atoms with van der Waals surface area (Å²) in [4.78, 5) is 13.5. The zero-order chi connectivity index (χ0) is 14.5. The predicted molar refractivity (Wildman–Crippen MR) is 78.1 cm³/mol. The first kappa shape index (κ1) is 14.0. The summed E-state index contributed by atoms with van der Waals surface area (Å²) in [6.45, 7) is 0.498. The van der Waals surface area contributed by atoms with Gasteiger partial charge in [0.25, 0.3) is 0 Å². The Labute approximate surface area is 118 Å². The zero-order valence-electron chi connectivity index (χ0n) is 11.8. The van der Waals surface area contributed by atoms with Crippen molar-refractivity contribution in [3.63, 3.8) is 0 Å². The van der Waals surface area contributed by atoms with Crippen LogP contribution in [0.4, 0.5) is 11.4 Å². The summed E-state index contributed by atoms with van der Waals surface area (Å²) in [7, 11) is 5.32. The Hall–Kier alpha value is -2.43. The van der Waals surface area contributed by atoms with Gasteiger partial charge < -0.3 is 19.4 Å². The Morgan fingerprint density at radius 2 is 2.15 bits per heavy atom. The number of esters is 1. The van der Waals surface area contributed by atoms with E-state index in [1.807, 2.05) is 43.3 Å². The van der Waals surface area contributed by atoms with Gasteiger partial charge in [0, 0.05) is 37.6 Å². The minimum Gasteiger partial charge on any atom is -0.463 e. The summed E-state index contributed by atoms with van der Waals surface area (Å²) in [5, 5.41) is 3.27. The molecule has 0 aliphatic carbocycles.